The minimum absolute atomic E-state index is 0.117. The van der Waals surface area contributed by atoms with Crippen LogP contribution in [0, 0.1) is 18.8 Å². The third-order valence-electron chi connectivity index (χ3n) is 3.30. The van der Waals surface area contributed by atoms with E-state index in [-0.39, 0.29) is 21.7 Å². The van der Waals surface area contributed by atoms with Crippen LogP contribution in [0.25, 0.3) is 0 Å². The van der Waals surface area contributed by atoms with Crippen LogP contribution < -0.4 is 5.32 Å². The van der Waals surface area contributed by atoms with Crippen LogP contribution in [0.5, 0.6) is 0 Å². The molecule has 0 aliphatic heterocycles. The van der Waals surface area contributed by atoms with Crippen LogP contribution in [-0.4, -0.2) is 16.7 Å². The summed E-state index contributed by atoms with van der Waals surface area (Å²) in [6.07, 6.45) is 7.06. The number of Topliss-reactive ketones (excluding diaryl/α,β-unsaturated/α-hetero) is 2. The second-order valence-corrected chi connectivity index (χ2v) is 5.49. The third-order valence-corrected chi connectivity index (χ3v) is 4.09. The van der Waals surface area contributed by atoms with E-state index in [1.165, 1.54) is 0 Å². The van der Waals surface area contributed by atoms with Crippen molar-refractivity contribution < 1.29 is 14.1 Å². The molecule has 20 heavy (non-hydrogen) atoms. The van der Waals surface area contributed by atoms with Crippen LogP contribution in [0.4, 0.5) is 5.88 Å². The Morgan fingerprint density at radius 3 is 2.45 bits per heavy atom. The Balaban J connectivity index is 1.98. The molecule has 1 heterocycles. The van der Waals surface area contributed by atoms with Crippen LogP contribution in [0.2, 0.25) is 0 Å². The molecule has 1 aromatic rings. The van der Waals surface area contributed by atoms with Crippen molar-refractivity contribution in [3.8, 4) is 0 Å². The molecule has 0 radical (unpaired) electrons. The molecule has 2 aliphatic carbocycles. The summed E-state index contributed by atoms with van der Waals surface area (Å²) in [4.78, 5) is 24.8. The van der Waals surface area contributed by atoms with Gasteiger partial charge >= 0.3 is 0 Å². The van der Waals surface area contributed by atoms with Gasteiger partial charge in [-0.05, 0) is 22.9 Å². The lowest BCUT2D eigenvalue weighted by Gasteiger charge is -2.28. The molecule has 1 N–H and O–H groups in total. The zero-order chi connectivity index (χ0) is 14.3. The molecule has 102 valence electrons. The first kappa shape index (κ1) is 13.1. The largest absolute Gasteiger partial charge is 0.338 e. The molecule has 0 bridgehead atoms. The van der Waals surface area contributed by atoms with Gasteiger partial charge in [-0.1, -0.05) is 29.5 Å². The lowest BCUT2D eigenvalue weighted by atomic mass is 9.77. The highest BCUT2D eigenvalue weighted by Crippen LogP contribution is 2.35. The first-order valence-electron chi connectivity index (χ1n) is 6.11. The Morgan fingerprint density at radius 1 is 1.20 bits per heavy atom. The summed E-state index contributed by atoms with van der Waals surface area (Å²) in [6.45, 7) is 1.77. The summed E-state index contributed by atoms with van der Waals surface area (Å²) in [6, 6.07) is 1.66. The number of allylic oxidation sites excluding steroid dienone is 6. The highest BCUT2D eigenvalue weighted by Gasteiger charge is 2.40. The molecular formula is C14H11BrN2O3. The molecule has 6 heteroatoms. The lowest BCUT2D eigenvalue weighted by Crippen LogP contribution is -2.37. The van der Waals surface area contributed by atoms with Crippen molar-refractivity contribution in [2.24, 2.45) is 11.8 Å². The van der Waals surface area contributed by atoms with Crippen LogP contribution in [0.15, 0.2) is 45.1 Å². The smallest absolute Gasteiger partial charge is 0.229 e. The van der Waals surface area contributed by atoms with E-state index in [0.29, 0.717) is 11.6 Å². The summed E-state index contributed by atoms with van der Waals surface area (Å²) in [5.74, 6) is -0.807. The molecule has 2 atom stereocenters. The number of ketones is 2. The fraction of sp³-hybridized carbons (Fsp3) is 0.214. The van der Waals surface area contributed by atoms with Crippen molar-refractivity contribution in [2.75, 3.05) is 5.32 Å². The number of halogens is 1. The summed E-state index contributed by atoms with van der Waals surface area (Å²) >= 11 is 3.21. The normalized spacial score (nSPS) is 25.1. The molecule has 0 spiro atoms. The second-order valence-electron chi connectivity index (χ2n) is 4.70. The molecule has 3 rings (SSSR count). The SMILES string of the molecule is Cc1cc(NC2=C(Br)C(=O)C3C=CC=CC3C2=O)on1. The van der Waals surface area contributed by atoms with E-state index in [4.69, 9.17) is 4.52 Å². The number of nitrogens with one attached hydrogen (secondary N) is 1. The maximum atomic E-state index is 12.5. The summed E-state index contributed by atoms with van der Waals surface area (Å²) < 4.78 is 5.27. The van der Waals surface area contributed by atoms with E-state index in [9.17, 15) is 9.59 Å². The van der Waals surface area contributed by atoms with Crippen LogP contribution in [-0.2, 0) is 9.59 Å². The van der Waals surface area contributed by atoms with Gasteiger partial charge in [-0.15, -0.1) is 0 Å². The highest BCUT2D eigenvalue weighted by molar-refractivity contribution is 9.12. The lowest BCUT2D eigenvalue weighted by molar-refractivity contribution is -0.126. The molecule has 0 amide bonds. The van der Waals surface area contributed by atoms with Crippen LogP contribution >= 0.6 is 15.9 Å². The average Bonchev–Trinajstić information content (AvgIpc) is 2.86. The van der Waals surface area contributed by atoms with Gasteiger partial charge in [-0.2, -0.15) is 0 Å². The molecular weight excluding hydrogens is 324 g/mol. The van der Waals surface area contributed by atoms with Gasteiger partial charge in [-0.3, -0.25) is 9.59 Å². The molecule has 0 saturated heterocycles. The molecule has 0 fully saturated rings. The second kappa shape index (κ2) is 4.86. The van der Waals surface area contributed by atoms with E-state index in [0.717, 1.165) is 0 Å². The van der Waals surface area contributed by atoms with E-state index in [2.05, 4.69) is 26.4 Å². The molecule has 1 aromatic heterocycles. The number of carbonyl (C=O) groups is 2. The highest BCUT2D eigenvalue weighted by atomic mass is 79.9. The number of fused-ring (bicyclic) bond motifs is 1. The maximum Gasteiger partial charge on any atom is 0.229 e. The van der Waals surface area contributed by atoms with Gasteiger partial charge in [0.25, 0.3) is 0 Å². The summed E-state index contributed by atoms with van der Waals surface area (Å²) in [5.41, 5.74) is 0.907. The van der Waals surface area contributed by atoms with E-state index >= 15 is 0 Å². The Bertz CT molecular complexity index is 684. The molecule has 5 nitrogen and oxygen atoms in total. The first-order chi connectivity index (χ1) is 9.58. The van der Waals surface area contributed by atoms with Gasteiger partial charge in [0, 0.05) is 6.07 Å². The number of hydrogen-bond donors (Lipinski definition) is 1. The summed E-state index contributed by atoms with van der Waals surface area (Å²) in [5, 5.41) is 6.58. The van der Waals surface area contributed by atoms with Crippen LogP contribution in [0.3, 0.4) is 0 Å². The number of hydrogen-bond acceptors (Lipinski definition) is 5. The Kier molecular flexibility index (Phi) is 3.17. The average molecular weight is 335 g/mol. The molecule has 0 saturated carbocycles. The van der Waals surface area contributed by atoms with Gasteiger partial charge in [0.15, 0.2) is 11.6 Å². The number of aryl methyl sites for hydroxylation is 1. The number of anilines is 1. The van der Waals surface area contributed by atoms with Crippen LogP contribution in [0.1, 0.15) is 5.69 Å². The maximum absolute atomic E-state index is 12.5. The number of rotatable bonds is 2. The van der Waals surface area contributed by atoms with Gasteiger partial charge in [0.2, 0.25) is 5.88 Å². The van der Waals surface area contributed by atoms with E-state index < -0.39 is 11.8 Å². The third kappa shape index (κ3) is 2.06. The minimum atomic E-state index is -0.458. The first-order valence-corrected chi connectivity index (χ1v) is 6.91. The van der Waals surface area contributed by atoms with Crippen molar-refractivity contribution in [2.45, 2.75) is 6.92 Å². The Morgan fingerprint density at radius 2 is 1.85 bits per heavy atom. The monoisotopic (exact) mass is 334 g/mol. The quantitative estimate of drug-likeness (QED) is 0.899. The topological polar surface area (TPSA) is 72.2 Å². The standard InChI is InChI=1S/C14H11BrN2O3/c1-7-6-10(20-17-7)16-12-11(15)13(18)8-4-2-3-5-9(8)14(12)19/h2-6,8-9,16H,1H3. The van der Waals surface area contributed by atoms with E-state index in [1.54, 1.807) is 37.3 Å². The van der Waals surface area contributed by atoms with Gasteiger partial charge < -0.3 is 9.84 Å². The van der Waals surface area contributed by atoms with Gasteiger partial charge in [0.05, 0.1) is 22.0 Å². The van der Waals surface area contributed by atoms with E-state index in [1.807, 2.05) is 0 Å². The van der Waals surface area contributed by atoms with Gasteiger partial charge in [-0.25, -0.2) is 0 Å². The Labute approximate surface area is 123 Å². The molecule has 0 aromatic carbocycles. The van der Waals surface area contributed by atoms with Crippen molar-refractivity contribution in [3.63, 3.8) is 0 Å². The number of nitrogens with zero attached hydrogens (tertiary/aromatic N) is 1. The minimum Gasteiger partial charge on any atom is -0.338 e. The van der Waals surface area contributed by atoms with Crippen molar-refractivity contribution >= 4 is 33.4 Å². The van der Waals surface area contributed by atoms with Gasteiger partial charge in [0.1, 0.15) is 5.70 Å². The number of carbonyl (C=O) groups excluding carboxylic acids is 2. The number of aromatic nitrogens is 1. The van der Waals surface area contributed by atoms with Crippen molar-refractivity contribution in [3.05, 3.63) is 46.2 Å². The predicted octanol–water partition coefficient (Wildman–Crippen LogP) is 2.51. The zero-order valence-corrected chi connectivity index (χ0v) is 12.2. The predicted molar refractivity (Wildman–Crippen MR) is 76.1 cm³/mol. The van der Waals surface area contributed by atoms with Crippen molar-refractivity contribution in [1.82, 2.24) is 5.16 Å². The summed E-state index contributed by atoms with van der Waals surface area (Å²) in [7, 11) is 0. The molecule has 2 aliphatic rings. The Hall–Kier alpha value is -1.95. The zero-order valence-electron chi connectivity index (χ0n) is 10.6. The van der Waals surface area contributed by atoms with Crippen molar-refractivity contribution in [1.29, 1.82) is 0 Å². The fourth-order valence-electron chi connectivity index (χ4n) is 2.31. The molecule has 2 unspecified atom stereocenters. The fourth-order valence-corrected chi connectivity index (χ4v) is 2.87.